The molecule has 1 N–H and O–H groups in total. The molecule has 0 aliphatic rings. The number of rotatable bonds is 7. The van der Waals surface area contributed by atoms with Gasteiger partial charge < -0.3 is 14.2 Å². The Morgan fingerprint density at radius 2 is 1.85 bits per heavy atom. The maximum absolute atomic E-state index is 11.4. The van der Waals surface area contributed by atoms with Gasteiger partial charge in [-0.15, -0.1) is 0 Å². The van der Waals surface area contributed by atoms with Gasteiger partial charge >= 0.3 is 13.6 Å². The van der Waals surface area contributed by atoms with Crippen molar-refractivity contribution in [1.29, 1.82) is 0 Å². The Hall–Kier alpha value is -0.380. The van der Waals surface area contributed by atoms with Crippen LogP contribution >= 0.6 is 7.60 Å². The van der Waals surface area contributed by atoms with Crippen LogP contribution in [0.1, 0.15) is 19.3 Å². The third-order valence-electron chi connectivity index (χ3n) is 1.63. The monoisotopic (exact) mass is 210 g/mol. The van der Waals surface area contributed by atoms with Crippen LogP contribution in [0.25, 0.3) is 0 Å². The van der Waals surface area contributed by atoms with Crippen LogP contribution in [0.4, 0.5) is 0 Å². The number of hydrogen-bond donors (Lipinski definition) is 1. The molecule has 13 heavy (non-hydrogen) atoms. The third kappa shape index (κ3) is 5.80. The predicted molar refractivity (Wildman–Crippen MR) is 48.0 cm³/mol. The van der Waals surface area contributed by atoms with Gasteiger partial charge in [0.1, 0.15) is 0 Å². The van der Waals surface area contributed by atoms with E-state index in [9.17, 15) is 9.36 Å². The Balaban J connectivity index is 3.62. The van der Waals surface area contributed by atoms with Crippen LogP contribution in [-0.4, -0.2) is 31.5 Å². The van der Waals surface area contributed by atoms with Crippen molar-refractivity contribution in [2.75, 3.05) is 20.4 Å². The zero-order valence-corrected chi connectivity index (χ0v) is 8.75. The summed E-state index contributed by atoms with van der Waals surface area (Å²) >= 11 is 0. The van der Waals surface area contributed by atoms with E-state index in [4.69, 9.17) is 5.11 Å². The van der Waals surface area contributed by atoms with Crippen LogP contribution < -0.4 is 0 Å². The van der Waals surface area contributed by atoms with E-state index in [0.29, 0.717) is 12.8 Å². The summed E-state index contributed by atoms with van der Waals surface area (Å²) in [5, 5.41) is 8.33. The first-order valence-electron chi connectivity index (χ1n) is 3.96. The fourth-order valence-corrected chi connectivity index (χ4v) is 1.96. The topological polar surface area (TPSA) is 72.8 Å². The summed E-state index contributed by atoms with van der Waals surface area (Å²) in [7, 11) is -0.292. The zero-order chi connectivity index (χ0) is 10.3. The summed E-state index contributed by atoms with van der Waals surface area (Å²) < 4.78 is 20.8. The van der Waals surface area contributed by atoms with Gasteiger partial charge in [0.2, 0.25) is 0 Å². The van der Waals surface area contributed by atoms with Gasteiger partial charge in [-0.05, 0) is 12.8 Å². The van der Waals surface area contributed by atoms with Crippen LogP contribution in [0.2, 0.25) is 0 Å². The third-order valence-corrected chi connectivity index (χ3v) is 3.61. The minimum atomic E-state index is -2.93. The van der Waals surface area contributed by atoms with Crippen molar-refractivity contribution in [2.24, 2.45) is 0 Å². The van der Waals surface area contributed by atoms with Gasteiger partial charge in [0.05, 0.1) is 6.16 Å². The van der Waals surface area contributed by atoms with E-state index in [1.54, 1.807) is 0 Å². The largest absolute Gasteiger partial charge is 0.481 e. The van der Waals surface area contributed by atoms with Crippen molar-refractivity contribution in [2.45, 2.75) is 19.3 Å². The minimum Gasteiger partial charge on any atom is -0.481 e. The maximum atomic E-state index is 11.4. The number of aliphatic carboxylic acids is 1. The van der Waals surface area contributed by atoms with Crippen LogP contribution in [0.5, 0.6) is 0 Å². The molecule has 0 aromatic heterocycles. The summed E-state index contributed by atoms with van der Waals surface area (Å²) in [6.45, 7) is 0. The molecule has 78 valence electrons. The van der Waals surface area contributed by atoms with Crippen molar-refractivity contribution in [3.63, 3.8) is 0 Å². The number of hydrogen-bond acceptors (Lipinski definition) is 4. The summed E-state index contributed by atoms with van der Waals surface area (Å²) in [4.78, 5) is 10.1. The molecule has 0 radical (unpaired) electrons. The Labute approximate surface area is 77.6 Å². The standard InChI is InChI=1S/C7H15O5P/c1-11-13(10,12-2)6-4-3-5-7(8)9/h3-6H2,1-2H3,(H,8,9). The summed E-state index contributed by atoms with van der Waals surface area (Å²) in [6, 6.07) is 0. The van der Waals surface area contributed by atoms with Crippen LogP contribution in [0.15, 0.2) is 0 Å². The molecule has 6 heteroatoms. The molecule has 0 unspecified atom stereocenters. The second-order valence-corrected chi connectivity index (χ2v) is 4.95. The smallest absolute Gasteiger partial charge is 0.330 e. The van der Waals surface area contributed by atoms with Crippen LogP contribution in [-0.2, 0) is 18.4 Å². The van der Waals surface area contributed by atoms with Gasteiger partial charge in [-0.1, -0.05) is 0 Å². The SMILES string of the molecule is COP(=O)(CCCCC(=O)O)OC. The van der Waals surface area contributed by atoms with Gasteiger partial charge in [-0.25, -0.2) is 0 Å². The average Bonchev–Trinajstić information content (AvgIpc) is 2.12. The van der Waals surface area contributed by atoms with Gasteiger partial charge in [-0.3, -0.25) is 9.36 Å². The summed E-state index contributed by atoms with van der Waals surface area (Å²) in [5.74, 6) is -0.843. The van der Waals surface area contributed by atoms with Crippen molar-refractivity contribution >= 4 is 13.6 Å². The molecule has 0 saturated carbocycles. The molecular weight excluding hydrogens is 195 g/mol. The van der Waals surface area contributed by atoms with Gasteiger partial charge in [-0.2, -0.15) is 0 Å². The quantitative estimate of drug-likeness (QED) is 0.511. The molecular formula is C7H15O5P. The van der Waals surface area contributed by atoms with Gasteiger partial charge in [0, 0.05) is 20.6 Å². The number of carbonyl (C=O) groups is 1. The van der Waals surface area contributed by atoms with E-state index < -0.39 is 13.6 Å². The maximum Gasteiger partial charge on any atom is 0.330 e. The van der Waals surface area contributed by atoms with E-state index in [-0.39, 0.29) is 12.6 Å². The first kappa shape index (κ1) is 12.6. The molecule has 0 heterocycles. The lowest BCUT2D eigenvalue weighted by Gasteiger charge is -2.12. The Kier molecular flexibility index (Phi) is 5.95. The molecule has 0 spiro atoms. The zero-order valence-electron chi connectivity index (χ0n) is 7.86. The Bertz CT molecular complexity index is 195. The van der Waals surface area contributed by atoms with E-state index in [1.807, 2.05) is 0 Å². The number of carboxylic acid groups (broad SMARTS) is 1. The molecule has 0 atom stereocenters. The highest BCUT2D eigenvalue weighted by atomic mass is 31.2. The molecule has 0 rings (SSSR count). The van der Waals surface area contributed by atoms with Crippen molar-refractivity contribution in [3.05, 3.63) is 0 Å². The van der Waals surface area contributed by atoms with E-state index in [0.717, 1.165) is 0 Å². The predicted octanol–water partition coefficient (Wildman–Crippen LogP) is 1.73. The summed E-state index contributed by atoms with van der Waals surface area (Å²) in [5.41, 5.74) is 0. The Morgan fingerprint density at radius 1 is 1.31 bits per heavy atom. The Morgan fingerprint density at radius 3 is 2.23 bits per heavy atom. The lowest BCUT2D eigenvalue weighted by molar-refractivity contribution is -0.137. The van der Waals surface area contributed by atoms with Crippen LogP contribution in [0.3, 0.4) is 0 Å². The molecule has 0 fully saturated rings. The molecule has 0 aromatic rings. The summed E-state index contributed by atoms with van der Waals surface area (Å²) in [6.07, 6.45) is 1.39. The molecule has 0 bridgehead atoms. The first-order valence-corrected chi connectivity index (χ1v) is 5.69. The highest BCUT2D eigenvalue weighted by Crippen LogP contribution is 2.46. The second kappa shape index (κ2) is 6.13. The fourth-order valence-electron chi connectivity index (χ4n) is 0.839. The lowest BCUT2D eigenvalue weighted by Crippen LogP contribution is -1.98. The first-order chi connectivity index (χ1) is 6.04. The number of unbranched alkanes of at least 4 members (excludes halogenated alkanes) is 1. The van der Waals surface area contributed by atoms with E-state index in [2.05, 4.69) is 9.05 Å². The second-order valence-electron chi connectivity index (χ2n) is 2.55. The molecule has 0 aliphatic carbocycles. The lowest BCUT2D eigenvalue weighted by atomic mass is 10.2. The van der Waals surface area contributed by atoms with Crippen LogP contribution in [0, 0.1) is 0 Å². The molecule has 0 aromatic carbocycles. The van der Waals surface area contributed by atoms with Gasteiger partial charge in [0.25, 0.3) is 0 Å². The number of carboxylic acids is 1. The molecule has 0 saturated heterocycles. The molecule has 0 amide bonds. The average molecular weight is 210 g/mol. The normalized spacial score (nSPS) is 11.5. The highest BCUT2D eigenvalue weighted by Gasteiger charge is 2.19. The molecule has 5 nitrogen and oxygen atoms in total. The van der Waals surface area contributed by atoms with Crippen molar-refractivity contribution in [1.82, 2.24) is 0 Å². The highest BCUT2D eigenvalue weighted by molar-refractivity contribution is 7.53. The van der Waals surface area contributed by atoms with Crippen molar-refractivity contribution in [3.8, 4) is 0 Å². The fraction of sp³-hybridized carbons (Fsp3) is 0.857. The van der Waals surface area contributed by atoms with Crippen molar-refractivity contribution < 1.29 is 23.5 Å². The van der Waals surface area contributed by atoms with E-state index >= 15 is 0 Å². The minimum absolute atomic E-state index is 0.0907. The van der Waals surface area contributed by atoms with E-state index in [1.165, 1.54) is 14.2 Å². The van der Waals surface area contributed by atoms with Gasteiger partial charge in [0.15, 0.2) is 0 Å². The molecule has 0 aliphatic heterocycles.